The minimum absolute atomic E-state index is 0.762. The van der Waals surface area contributed by atoms with Crippen LogP contribution in [0.3, 0.4) is 0 Å². The van der Waals surface area contributed by atoms with E-state index >= 15 is 0 Å². The molecule has 0 atom stereocenters. The summed E-state index contributed by atoms with van der Waals surface area (Å²) in [5.41, 5.74) is 4.26. The molecule has 1 aliphatic rings. The third-order valence-corrected chi connectivity index (χ3v) is 4.81. The van der Waals surface area contributed by atoms with Crippen LogP contribution in [0.2, 0.25) is 0 Å². The zero-order valence-electron chi connectivity index (χ0n) is 13.4. The maximum atomic E-state index is 5.31. The Morgan fingerprint density at radius 3 is 2.67 bits per heavy atom. The fourth-order valence-electron chi connectivity index (χ4n) is 2.55. The molecular formula is C18H16N4OS. The molecule has 4 rings (SSSR count). The SMILES string of the molecule is COc1cccc(C2=Nn3c(nnc3-c3ccc(C)cc3)SC2)c1. The average molecular weight is 336 g/mol. The van der Waals surface area contributed by atoms with Gasteiger partial charge in [0.1, 0.15) is 5.75 Å². The molecule has 3 aromatic rings. The van der Waals surface area contributed by atoms with Crippen LogP contribution in [0.1, 0.15) is 11.1 Å². The molecule has 0 radical (unpaired) electrons. The van der Waals surface area contributed by atoms with E-state index in [4.69, 9.17) is 9.84 Å². The van der Waals surface area contributed by atoms with E-state index in [9.17, 15) is 0 Å². The van der Waals surface area contributed by atoms with Crippen LogP contribution in [-0.2, 0) is 0 Å². The number of aromatic nitrogens is 3. The first-order chi connectivity index (χ1) is 11.7. The molecule has 5 nitrogen and oxygen atoms in total. The van der Waals surface area contributed by atoms with Gasteiger partial charge in [0.25, 0.3) is 0 Å². The highest BCUT2D eigenvalue weighted by atomic mass is 32.2. The Labute approximate surface area is 144 Å². The van der Waals surface area contributed by atoms with Crippen LogP contribution in [0.5, 0.6) is 5.75 Å². The maximum absolute atomic E-state index is 5.31. The van der Waals surface area contributed by atoms with E-state index in [0.29, 0.717) is 0 Å². The Morgan fingerprint density at radius 2 is 1.88 bits per heavy atom. The summed E-state index contributed by atoms with van der Waals surface area (Å²) in [4.78, 5) is 0. The molecule has 0 N–H and O–H groups in total. The number of hydrogen-bond acceptors (Lipinski definition) is 5. The lowest BCUT2D eigenvalue weighted by Gasteiger charge is -2.14. The smallest absolute Gasteiger partial charge is 0.212 e. The maximum Gasteiger partial charge on any atom is 0.212 e. The lowest BCUT2D eigenvalue weighted by Crippen LogP contribution is -2.13. The van der Waals surface area contributed by atoms with Crippen molar-refractivity contribution in [3.8, 4) is 17.1 Å². The van der Waals surface area contributed by atoms with Gasteiger partial charge < -0.3 is 4.74 Å². The van der Waals surface area contributed by atoms with Gasteiger partial charge in [-0.05, 0) is 19.1 Å². The first kappa shape index (κ1) is 15.0. The quantitative estimate of drug-likeness (QED) is 0.733. The number of aryl methyl sites for hydroxylation is 1. The van der Waals surface area contributed by atoms with Crippen LogP contribution < -0.4 is 4.74 Å². The molecule has 120 valence electrons. The van der Waals surface area contributed by atoms with E-state index in [0.717, 1.165) is 39.3 Å². The van der Waals surface area contributed by atoms with Gasteiger partial charge in [0.2, 0.25) is 5.16 Å². The van der Waals surface area contributed by atoms with Gasteiger partial charge in [-0.15, -0.1) is 10.2 Å². The number of fused-ring (bicyclic) bond motifs is 1. The molecule has 0 aliphatic carbocycles. The van der Waals surface area contributed by atoms with Crippen molar-refractivity contribution < 1.29 is 4.74 Å². The molecule has 1 aromatic heterocycles. The number of rotatable bonds is 3. The summed E-state index contributed by atoms with van der Waals surface area (Å²) in [5, 5.41) is 14.2. The fraction of sp³-hybridized carbons (Fsp3) is 0.167. The summed E-state index contributed by atoms with van der Waals surface area (Å²) in [6.45, 7) is 2.07. The molecule has 0 fully saturated rings. The van der Waals surface area contributed by atoms with Crippen molar-refractivity contribution in [3.05, 3.63) is 59.7 Å². The van der Waals surface area contributed by atoms with Crippen LogP contribution in [0.25, 0.3) is 11.4 Å². The van der Waals surface area contributed by atoms with E-state index in [1.54, 1.807) is 18.9 Å². The van der Waals surface area contributed by atoms with Gasteiger partial charge in [0.15, 0.2) is 5.82 Å². The van der Waals surface area contributed by atoms with E-state index in [-0.39, 0.29) is 0 Å². The monoisotopic (exact) mass is 336 g/mol. The Balaban J connectivity index is 1.77. The topological polar surface area (TPSA) is 52.3 Å². The minimum atomic E-state index is 0.762. The second-order valence-corrected chi connectivity index (χ2v) is 6.49. The summed E-state index contributed by atoms with van der Waals surface area (Å²) >= 11 is 1.64. The Morgan fingerprint density at radius 1 is 1.04 bits per heavy atom. The van der Waals surface area contributed by atoms with Crippen LogP contribution >= 0.6 is 11.8 Å². The summed E-state index contributed by atoms with van der Waals surface area (Å²) in [6, 6.07) is 16.2. The number of thioether (sulfide) groups is 1. The second-order valence-electron chi connectivity index (χ2n) is 5.55. The van der Waals surface area contributed by atoms with Crippen molar-refractivity contribution in [2.75, 3.05) is 12.9 Å². The van der Waals surface area contributed by atoms with Crippen molar-refractivity contribution in [1.29, 1.82) is 0 Å². The largest absolute Gasteiger partial charge is 0.497 e. The van der Waals surface area contributed by atoms with Crippen molar-refractivity contribution >= 4 is 17.5 Å². The zero-order chi connectivity index (χ0) is 16.5. The third kappa shape index (κ3) is 2.69. The Kier molecular flexibility index (Phi) is 3.82. The molecule has 0 amide bonds. The third-order valence-electron chi connectivity index (χ3n) is 3.88. The highest BCUT2D eigenvalue weighted by Crippen LogP contribution is 2.29. The van der Waals surface area contributed by atoms with Gasteiger partial charge in [0, 0.05) is 16.9 Å². The second kappa shape index (κ2) is 6.13. The normalized spacial score (nSPS) is 13.3. The zero-order valence-corrected chi connectivity index (χ0v) is 14.2. The average Bonchev–Trinajstić information content (AvgIpc) is 3.05. The molecule has 0 saturated heterocycles. The van der Waals surface area contributed by atoms with Gasteiger partial charge in [-0.1, -0.05) is 53.7 Å². The van der Waals surface area contributed by atoms with Crippen molar-refractivity contribution in [1.82, 2.24) is 14.9 Å². The summed E-state index contributed by atoms with van der Waals surface area (Å²) in [5.74, 6) is 2.35. The summed E-state index contributed by atoms with van der Waals surface area (Å²) < 4.78 is 7.14. The number of benzene rings is 2. The van der Waals surface area contributed by atoms with E-state index in [2.05, 4.69) is 29.3 Å². The number of methoxy groups -OCH3 is 1. The lowest BCUT2D eigenvalue weighted by molar-refractivity contribution is 0.414. The Bertz CT molecular complexity index is 915. The number of hydrogen-bond donors (Lipinski definition) is 0. The van der Waals surface area contributed by atoms with E-state index in [1.807, 2.05) is 41.1 Å². The summed E-state index contributed by atoms with van der Waals surface area (Å²) in [7, 11) is 1.67. The molecule has 2 heterocycles. The highest BCUT2D eigenvalue weighted by Gasteiger charge is 2.20. The molecule has 0 unspecified atom stereocenters. The van der Waals surface area contributed by atoms with Gasteiger partial charge in [0.05, 0.1) is 12.8 Å². The molecule has 24 heavy (non-hydrogen) atoms. The Hall–Kier alpha value is -2.60. The predicted molar refractivity (Wildman–Crippen MR) is 95.8 cm³/mol. The molecule has 0 spiro atoms. The van der Waals surface area contributed by atoms with Crippen LogP contribution in [0.4, 0.5) is 0 Å². The van der Waals surface area contributed by atoms with Crippen LogP contribution in [0, 0.1) is 6.92 Å². The van der Waals surface area contributed by atoms with Gasteiger partial charge in [-0.2, -0.15) is 9.78 Å². The first-order valence-corrected chi connectivity index (χ1v) is 8.61. The molecule has 1 aliphatic heterocycles. The molecule has 6 heteroatoms. The number of ether oxygens (including phenoxy) is 1. The standard InChI is InChI=1S/C18H16N4OS/c1-12-6-8-13(9-7-12)17-19-20-18-22(17)21-16(11-24-18)14-4-3-5-15(10-14)23-2/h3-10H,11H2,1-2H3. The van der Waals surface area contributed by atoms with E-state index < -0.39 is 0 Å². The van der Waals surface area contributed by atoms with Gasteiger partial charge in [-0.3, -0.25) is 0 Å². The fourth-order valence-corrected chi connectivity index (χ4v) is 3.39. The lowest BCUT2D eigenvalue weighted by atomic mass is 10.1. The minimum Gasteiger partial charge on any atom is -0.497 e. The molecule has 0 bridgehead atoms. The van der Waals surface area contributed by atoms with Crippen molar-refractivity contribution in [2.24, 2.45) is 5.10 Å². The van der Waals surface area contributed by atoms with Crippen molar-refractivity contribution in [2.45, 2.75) is 12.1 Å². The highest BCUT2D eigenvalue weighted by molar-refractivity contribution is 7.99. The van der Waals surface area contributed by atoms with Gasteiger partial charge in [-0.25, -0.2) is 0 Å². The van der Waals surface area contributed by atoms with E-state index in [1.165, 1.54) is 5.56 Å². The van der Waals surface area contributed by atoms with Crippen LogP contribution in [0.15, 0.2) is 58.8 Å². The van der Waals surface area contributed by atoms with Gasteiger partial charge >= 0.3 is 0 Å². The van der Waals surface area contributed by atoms with Crippen molar-refractivity contribution in [3.63, 3.8) is 0 Å². The number of nitrogens with zero attached hydrogens (tertiary/aromatic N) is 4. The molecular weight excluding hydrogens is 320 g/mol. The predicted octanol–water partition coefficient (Wildman–Crippen LogP) is 3.62. The first-order valence-electron chi connectivity index (χ1n) is 7.62. The van der Waals surface area contributed by atoms with Crippen LogP contribution in [-0.4, -0.2) is 33.4 Å². The molecule has 2 aromatic carbocycles. The molecule has 0 saturated carbocycles. The summed E-state index contributed by atoms with van der Waals surface area (Å²) in [6.07, 6.45) is 0.